The van der Waals surface area contributed by atoms with E-state index in [1.165, 1.54) is 37.6 Å². The Balaban J connectivity index is 1.72. The molecule has 0 saturated heterocycles. The van der Waals surface area contributed by atoms with Crippen LogP contribution in [0.5, 0.6) is 0 Å². The number of hydrogen-bond donors (Lipinski definition) is 2. The smallest absolute Gasteiger partial charge is 0.337 e. The van der Waals surface area contributed by atoms with Crippen LogP contribution in [0.4, 0.5) is 25.8 Å². The van der Waals surface area contributed by atoms with E-state index in [1.807, 2.05) is 0 Å². The van der Waals surface area contributed by atoms with Crippen LogP contribution in [0.3, 0.4) is 0 Å². The Labute approximate surface area is 159 Å². The Morgan fingerprint density at radius 1 is 0.964 bits per heavy atom. The van der Waals surface area contributed by atoms with Crippen molar-refractivity contribution in [2.75, 3.05) is 17.7 Å². The number of nitrogens with one attached hydrogen (secondary N) is 2. The molecule has 0 aliphatic rings. The topological polar surface area (TPSA) is 80.3 Å². The van der Waals surface area contributed by atoms with Gasteiger partial charge >= 0.3 is 5.97 Å². The summed E-state index contributed by atoms with van der Waals surface area (Å²) in [6.07, 6.45) is 1.39. The highest BCUT2D eigenvalue weighted by molar-refractivity contribution is 6.03. The number of halogens is 2. The number of benzene rings is 2. The molecule has 8 heteroatoms. The molecule has 6 nitrogen and oxygen atoms in total. The monoisotopic (exact) mass is 383 g/mol. The van der Waals surface area contributed by atoms with Crippen molar-refractivity contribution < 1.29 is 23.1 Å². The van der Waals surface area contributed by atoms with E-state index in [0.29, 0.717) is 16.9 Å². The van der Waals surface area contributed by atoms with Gasteiger partial charge in [0.15, 0.2) is 0 Å². The van der Waals surface area contributed by atoms with Crippen LogP contribution in [0, 0.1) is 11.6 Å². The van der Waals surface area contributed by atoms with Crippen molar-refractivity contribution in [2.45, 2.75) is 0 Å². The molecule has 0 saturated carbocycles. The lowest BCUT2D eigenvalue weighted by atomic mass is 10.2. The van der Waals surface area contributed by atoms with Crippen LogP contribution in [0.2, 0.25) is 0 Å². The maximum absolute atomic E-state index is 13.8. The number of rotatable bonds is 5. The highest BCUT2D eigenvalue weighted by Gasteiger charge is 2.11. The molecule has 0 aliphatic heterocycles. The van der Waals surface area contributed by atoms with Crippen molar-refractivity contribution in [3.05, 3.63) is 83.7 Å². The van der Waals surface area contributed by atoms with Crippen LogP contribution >= 0.6 is 0 Å². The molecule has 3 aromatic rings. The molecule has 2 aromatic carbocycles. The first-order valence-electron chi connectivity index (χ1n) is 8.14. The molecule has 1 amide bonds. The fraction of sp³-hybridized carbons (Fsp3) is 0.0500. The van der Waals surface area contributed by atoms with E-state index in [2.05, 4.69) is 20.4 Å². The maximum atomic E-state index is 13.8. The molecule has 1 aromatic heterocycles. The molecule has 1 heterocycles. The fourth-order valence-corrected chi connectivity index (χ4v) is 2.38. The van der Waals surface area contributed by atoms with Gasteiger partial charge in [-0.2, -0.15) is 0 Å². The Morgan fingerprint density at radius 3 is 2.39 bits per heavy atom. The van der Waals surface area contributed by atoms with E-state index in [9.17, 15) is 18.4 Å². The third-order valence-electron chi connectivity index (χ3n) is 3.77. The zero-order valence-corrected chi connectivity index (χ0v) is 14.7. The Kier molecular flexibility index (Phi) is 5.59. The van der Waals surface area contributed by atoms with Crippen LogP contribution < -0.4 is 10.6 Å². The lowest BCUT2D eigenvalue weighted by Gasteiger charge is -2.09. The van der Waals surface area contributed by atoms with E-state index in [4.69, 9.17) is 0 Å². The number of methoxy groups -OCH3 is 1. The van der Waals surface area contributed by atoms with Gasteiger partial charge in [-0.05, 0) is 48.5 Å². The number of ether oxygens (including phenoxy) is 1. The molecule has 2 N–H and O–H groups in total. The molecule has 3 rings (SSSR count). The Hall–Kier alpha value is -3.81. The van der Waals surface area contributed by atoms with Gasteiger partial charge in [0, 0.05) is 23.6 Å². The lowest BCUT2D eigenvalue weighted by Crippen LogP contribution is -2.14. The van der Waals surface area contributed by atoms with Crippen LogP contribution in [0.25, 0.3) is 0 Å². The summed E-state index contributed by atoms with van der Waals surface area (Å²) in [6, 6.07) is 12.3. The van der Waals surface area contributed by atoms with Gasteiger partial charge in [0.05, 0.1) is 18.4 Å². The zero-order chi connectivity index (χ0) is 20.1. The summed E-state index contributed by atoms with van der Waals surface area (Å²) >= 11 is 0. The van der Waals surface area contributed by atoms with Crippen molar-refractivity contribution in [3.8, 4) is 0 Å². The minimum Gasteiger partial charge on any atom is -0.465 e. The zero-order valence-electron chi connectivity index (χ0n) is 14.7. The van der Waals surface area contributed by atoms with Crippen molar-refractivity contribution in [1.29, 1.82) is 0 Å². The van der Waals surface area contributed by atoms with E-state index in [1.54, 1.807) is 18.2 Å². The van der Waals surface area contributed by atoms with E-state index >= 15 is 0 Å². The normalized spacial score (nSPS) is 10.2. The van der Waals surface area contributed by atoms with Gasteiger partial charge in [-0.25, -0.2) is 13.6 Å². The largest absolute Gasteiger partial charge is 0.465 e. The second kappa shape index (κ2) is 8.26. The van der Waals surface area contributed by atoms with Gasteiger partial charge in [-0.15, -0.1) is 0 Å². The minimum absolute atomic E-state index is 0.0670. The van der Waals surface area contributed by atoms with Crippen molar-refractivity contribution in [1.82, 2.24) is 4.98 Å². The minimum atomic E-state index is -0.756. The van der Waals surface area contributed by atoms with Crippen LogP contribution in [0.15, 0.2) is 60.8 Å². The number of anilines is 3. The second-order valence-electron chi connectivity index (χ2n) is 5.70. The number of pyridine rings is 1. The highest BCUT2D eigenvalue weighted by atomic mass is 19.1. The van der Waals surface area contributed by atoms with Gasteiger partial charge in [0.1, 0.15) is 17.3 Å². The average molecular weight is 383 g/mol. The van der Waals surface area contributed by atoms with Crippen molar-refractivity contribution >= 4 is 28.9 Å². The molecule has 0 radical (unpaired) electrons. The predicted molar refractivity (Wildman–Crippen MR) is 99.6 cm³/mol. The quantitative estimate of drug-likeness (QED) is 0.647. The molecule has 0 fully saturated rings. The van der Waals surface area contributed by atoms with Crippen LogP contribution in [0.1, 0.15) is 20.8 Å². The number of esters is 1. The second-order valence-corrected chi connectivity index (χ2v) is 5.70. The summed E-state index contributed by atoms with van der Waals surface area (Å²) < 4.78 is 31.4. The number of carbonyl (C=O) groups excluding carboxylic acids is 2. The maximum Gasteiger partial charge on any atom is 0.337 e. The molecule has 0 aliphatic carbocycles. The first-order valence-corrected chi connectivity index (χ1v) is 8.14. The Bertz CT molecular complexity index is 1020. The lowest BCUT2D eigenvalue weighted by molar-refractivity contribution is 0.0600. The van der Waals surface area contributed by atoms with Gasteiger partial charge in [0.25, 0.3) is 5.91 Å². The van der Waals surface area contributed by atoms with E-state index < -0.39 is 23.5 Å². The molecule has 0 bridgehead atoms. The van der Waals surface area contributed by atoms with E-state index in [-0.39, 0.29) is 11.4 Å². The summed E-state index contributed by atoms with van der Waals surface area (Å²) in [5, 5.41) is 5.42. The Morgan fingerprint density at radius 2 is 1.71 bits per heavy atom. The SMILES string of the molecule is COC(=O)c1ccc(NC(=O)c2cc(Nc3ccc(F)cc3F)ccn2)cc1. The number of aromatic nitrogens is 1. The third-order valence-corrected chi connectivity index (χ3v) is 3.77. The number of hydrogen-bond acceptors (Lipinski definition) is 5. The van der Waals surface area contributed by atoms with Crippen LogP contribution in [-0.4, -0.2) is 24.0 Å². The molecule has 0 spiro atoms. The molecule has 142 valence electrons. The number of carbonyl (C=O) groups is 2. The third kappa shape index (κ3) is 4.47. The summed E-state index contributed by atoms with van der Waals surface area (Å²) in [7, 11) is 1.28. The highest BCUT2D eigenvalue weighted by Crippen LogP contribution is 2.21. The van der Waals surface area contributed by atoms with Gasteiger partial charge in [-0.3, -0.25) is 9.78 Å². The first kappa shape index (κ1) is 19.0. The predicted octanol–water partition coefficient (Wildman–Crippen LogP) is 4.14. The summed E-state index contributed by atoms with van der Waals surface area (Å²) in [5.74, 6) is -2.41. The molecule has 0 unspecified atom stereocenters. The molecular weight excluding hydrogens is 368 g/mol. The molecule has 28 heavy (non-hydrogen) atoms. The summed E-state index contributed by atoms with van der Waals surface area (Å²) in [4.78, 5) is 27.8. The van der Waals surface area contributed by atoms with Crippen molar-refractivity contribution in [2.24, 2.45) is 0 Å². The molecular formula is C20H15F2N3O3. The number of nitrogens with zero attached hydrogens (tertiary/aromatic N) is 1. The van der Waals surface area contributed by atoms with Crippen LogP contribution in [-0.2, 0) is 4.74 Å². The van der Waals surface area contributed by atoms with Crippen molar-refractivity contribution in [3.63, 3.8) is 0 Å². The first-order chi connectivity index (χ1) is 13.5. The average Bonchev–Trinajstić information content (AvgIpc) is 2.70. The summed E-state index contributed by atoms with van der Waals surface area (Å²) in [5.41, 5.74) is 1.38. The standard InChI is InChI=1S/C20H15F2N3O3/c1-28-20(27)12-2-5-14(6-3-12)25-19(26)18-11-15(8-9-23-18)24-17-7-4-13(21)10-16(17)22/h2-11H,1H3,(H,23,24)(H,25,26). The number of amides is 1. The summed E-state index contributed by atoms with van der Waals surface area (Å²) in [6.45, 7) is 0. The molecule has 0 atom stereocenters. The van der Waals surface area contributed by atoms with Gasteiger partial charge in [0.2, 0.25) is 0 Å². The van der Waals surface area contributed by atoms with Gasteiger partial charge in [-0.1, -0.05) is 0 Å². The van der Waals surface area contributed by atoms with Gasteiger partial charge < -0.3 is 15.4 Å². The fourth-order valence-electron chi connectivity index (χ4n) is 2.38. The van der Waals surface area contributed by atoms with E-state index in [0.717, 1.165) is 12.1 Å².